The Kier molecular flexibility index (Phi) is 5.36. The van der Waals surface area contributed by atoms with Crippen LogP contribution in [0, 0.1) is 10.1 Å². The summed E-state index contributed by atoms with van der Waals surface area (Å²) < 4.78 is 40.9. The fourth-order valence-corrected chi connectivity index (χ4v) is 1.95. The van der Waals surface area contributed by atoms with Crippen LogP contribution in [0.1, 0.15) is 18.1 Å². The summed E-state index contributed by atoms with van der Waals surface area (Å²) in [7, 11) is 0. The predicted molar refractivity (Wildman–Crippen MR) is 84.1 cm³/mol. The first kappa shape index (κ1) is 17.3. The molecular formula is C17H12F3NO3. The Morgan fingerprint density at radius 1 is 1.04 bits per heavy atom. The number of hydrogen-bond acceptors (Lipinski definition) is 3. The van der Waals surface area contributed by atoms with Gasteiger partial charge in [0.1, 0.15) is 5.75 Å². The van der Waals surface area contributed by atoms with Crippen LogP contribution >= 0.6 is 0 Å². The minimum atomic E-state index is -2.52. The van der Waals surface area contributed by atoms with E-state index in [0.29, 0.717) is 0 Å². The third-order valence-electron chi connectivity index (χ3n) is 3.15. The molecule has 24 heavy (non-hydrogen) atoms. The molecule has 0 unspecified atom stereocenters. The van der Waals surface area contributed by atoms with Crippen molar-refractivity contribution in [2.24, 2.45) is 0 Å². The van der Waals surface area contributed by atoms with Crippen molar-refractivity contribution in [3.8, 4) is 5.75 Å². The number of hydrogen-bond donors (Lipinski definition) is 0. The number of non-ortho nitro benzene ring substituents is 1. The van der Waals surface area contributed by atoms with E-state index >= 15 is 0 Å². The van der Waals surface area contributed by atoms with Gasteiger partial charge in [0.05, 0.1) is 4.92 Å². The van der Waals surface area contributed by atoms with Gasteiger partial charge in [0.2, 0.25) is 0 Å². The molecule has 0 aliphatic carbocycles. The van der Waals surface area contributed by atoms with Crippen LogP contribution in [0.2, 0.25) is 0 Å². The molecule has 0 fully saturated rings. The van der Waals surface area contributed by atoms with Gasteiger partial charge in [0.25, 0.3) is 5.69 Å². The molecule has 7 heteroatoms. The molecule has 0 saturated heterocycles. The molecule has 0 radical (unpaired) electrons. The number of halogens is 3. The standard InChI is InChI=1S/C17H12F3NO3/c1-11(13-4-6-14(7-5-13)21(22)23)10-12-2-8-15(9-3-12)24-17(20)16(18)19/h2-10H,1H3. The molecule has 0 aliphatic heterocycles. The minimum Gasteiger partial charge on any atom is -0.428 e. The van der Waals surface area contributed by atoms with Gasteiger partial charge in [-0.25, -0.2) is 0 Å². The number of rotatable bonds is 5. The lowest BCUT2D eigenvalue weighted by molar-refractivity contribution is -0.384. The highest BCUT2D eigenvalue weighted by atomic mass is 19.3. The van der Waals surface area contributed by atoms with E-state index in [4.69, 9.17) is 0 Å². The van der Waals surface area contributed by atoms with Crippen molar-refractivity contribution in [2.45, 2.75) is 6.92 Å². The Hall–Kier alpha value is -3.09. The van der Waals surface area contributed by atoms with Crippen molar-refractivity contribution in [3.63, 3.8) is 0 Å². The Morgan fingerprint density at radius 2 is 1.62 bits per heavy atom. The topological polar surface area (TPSA) is 52.4 Å². The average Bonchev–Trinajstić information content (AvgIpc) is 2.56. The SMILES string of the molecule is CC(=Cc1ccc(OC(F)=C(F)F)cc1)c1ccc([N+](=O)[O-])cc1. The molecule has 2 aromatic carbocycles. The van der Waals surface area contributed by atoms with Crippen LogP contribution in [-0.4, -0.2) is 4.92 Å². The first-order valence-corrected chi connectivity index (χ1v) is 6.78. The maximum atomic E-state index is 12.7. The fraction of sp³-hybridized carbons (Fsp3) is 0.0588. The zero-order valence-electron chi connectivity index (χ0n) is 12.5. The van der Waals surface area contributed by atoms with Gasteiger partial charge in [-0.1, -0.05) is 18.2 Å². The van der Waals surface area contributed by atoms with E-state index in [-0.39, 0.29) is 11.4 Å². The number of ether oxygens (including phenoxy) is 1. The van der Waals surface area contributed by atoms with E-state index in [2.05, 4.69) is 4.74 Å². The van der Waals surface area contributed by atoms with Crippen LogP contribution in [0.15, 0.2) is 60.6 Å². The van der Waals surface area contributed by atoms with Crippen molar-refractivity contribution in [1.29, 1.82) is 0 Å². The minimum absolute atomic E-state index is 0.00299. The highest BCUT2D eigenvalue weighted by Gasteiger charge is 2.08. The van der Waals surface area contributed by atoms with Gasteiger partial charge < -0.3 is 4.74 Å². The summed E-state index contributed by atoms with van der Waals surface area (Å²) in [4.78, 5) is 10.1. The van der Waals surface area contributed by atoms with Crippen LogP contribution in [0.3, 0.4) is 0 Å². The lowest BCUT2D eigenvalue weighted by atomic mass is 10.0. The number of nitrogens with zero attached hydrogens (tertiary/aromatic N) is 1. The summed E-state index contributed by atoms with van der Waals surface area (Å²) in [5, 5.41) is 10.6. The van der Waals surface area contributed by atoms with Crippen molar-refractivity contribution in [3.05, 3.63) is 81.9 Å². The maximum Gasteiger partial charge on any atom is 0.344 e. The van der Waals surface area contributed by atoms with Gasteiger partial charge in [-0.3, -0.25) is 10.1 Å². The Bertz CT molecular complexity index is 793. The molecule has 0 spiro atoms. The number of nitro groups is 1. The smallest absolute Gasteiger partial charge is 0.344 e. The largest absolute Gasteiger partial charge is 0.428 e. The molecule has 0 N–H and O–H groups in total. The van der Waals surface area contributed by atoms with Crippen LogP contribution in [-0.2, 0) is 0 Å². The molecule has 0 atom stereocenters. The quantitative estimate of drug-likeness (QED) is 0.311. The molecular weight excluding hydrogens is 323 g/mol. The van der Waals surface area contributed by atoms with E-state index in [0.717, 1.165) is 16.7 Å². The van der Waals surface area contributed by atoms with Gasteiger partial charge in [-0.2, -0.15) is 13.2 Å². The molecule has 0 saturated carbocycles. The zero-order chi connectivity index (χ0) is 17.7. The zero-order valence-corrected chi connectivity index (χ0v) is 12.5. The van der Waals surface area contributed by atoms with Crippen molar-refractivity contribution in [2.75, 3.05) is 0 Å². The van der Waals surface area contributed by atoms with E-state index < -0.39 is 17.0 Å². The van der Waals surface area contributed by atoms with Gasteiger partial charge in [0, 0.05) is 12.1 Å². The van der Waals surface area contributed by atoms with Crippen molar-refractivity contribution in [1.82, 2.24) is 0 Å². The summed E-state index contributed by atoms with van der Waals surface area (Å²) in [5.41, 5.74) is 2.39. The molecule has 0 bridgehead atoms. The molecule has 0 heterocycles. The number of benzene rings is 2. The summed E-state index contributed by atoms with van der Waals surface area (Å²) >= 11 is 0. The Morgan fingerprint density at radius 3 is 2.12 bits per heavy atom. The second-order valence-electron chi connectivity index (χ2n) is 4.84. The molecule has 2 rings (SSSR count). The van der Waals surface area contributed by atoms with Crippen LogP contribution in [0.4, 0.5) is 18.9 Å². The van der Waals surface area contributed by atoms with E-state index in [1.165, 1.54) is 24.3 Å². The van der Waals surface area contributed by atoms with E-state index in [9.17, 15) is 23.3 Å². The highest BCUT2D eigenvalue weighted by molar-refractivity contribution is 5.80. The lowest BCUT2D eigenvalue weighted by Crippen LogP contribution is -1.90. The van der Waals surface area contributed by atoms with Crippen LogP contribution < -0.4 is 4.74 Å². The molecule has 4 nitrogen and oxygen atoms in total. The maximum absolute atomic E-state index is 12.7. The predicted octanol–water partition coefficient (Wildman–Crippen LogP) is 5.57. The second kappa shape index (κ2) is 7.45. The first-order chi connectivity index (χ1) is 11.4. The Balaban J connectivity index is 2.15. The number of allylic oxidation sites excluding steroid dienone is 1. The van der Waals surface area contributed by atoms with Gasteiger partial charge >= 0.3 is 12.1 Å². The van der Waals surface area contributed by atoms with Crippen LogP contribution in [0.25, 0.3) is 11.6 Å². The van der Waals surface area contributed by atoms with Gasteiger partial charge in [-0.05, 0) is 47.9 Å². The third kappa shape index (κ3) is 4.45. The van der Waals surface area contributed by atoms with Crippen molar-refractivity contribution >= 4 is 17.3 Å². The highest BCUT2D eigenvalue weighted by Crippen LogP contribution is 2.23. The number of nitro benzene ring substituents is 1. The van der Waals surface area contributed by atoms with Crippen molar-refractivity contribution < 1.29 is 22.8 Å². The summed E-state index contributed by atoms with van der Waals surface area (Å²) in [5.74, 6) is -0.0505. The molecule has 2 aromatic rings. The van der Waals surface area contributed by atoms with Gasteiger partial charge in [0.15, 0.2) is 0 Å². The average molecular weight is 335 g/mol. The third-order valence-corrected chi connectivity index (χ3v) is 3.15. The van der Waals surface area contributed by atoms with E-state index in [1.807, 2.05) is 6.92 Å². The first-order valence-electron chi connectivity index (χ1n) is 6.78. The second-order valence-corrected chi connectivity index (χ2v) is 4.84. The molecule has 124 valence electrons. The molecule has 0 aliphatic rings. The fourth-order valence-electron chi connectivity index (χ4n) is 1.95. The summed E-state index contributed by atoms with van der Waals surface area (Å²) in [6, 6.07) is 10.0. The Labute approximate surface area is 135 Å². The molecule has 0 aromatic heterocycles. The van der Waals surface area contributed by atoms with E-state index in [1.54, 1.807) is 30.3 Å². The monoisotopic (exact) mass is 335 g/mol. The lowest BCUT2D eigenvalue weighted by Gasteiger charge is -2.04. The summed E-state index contributed by atoms with van der Waals surface area (Å²) in [6.07, 6.45) is -0.722. The molecule has 0 amide bonds. The van der Waals surface area contributed by atoms with Gasteiger partial charge in [-0.15, -0.1) is 0 Å². The summed E-state index contributed by atoms with van der Waals surface area (Å²) in [6.45, 7) is 1.83. The normalized spacial score (nSPS) is 11.1. The van der Waals surface area contributed by atoms with Crippen LogP contribution in [0.5, 0.6) is 5.75 Å².